The number of piperazine rings is 1. The Morgan fingerprint density at radius 2 is 1.63 bits per heavy atom. The molecule has 0 spiro atoms. The van der Waals surface area contributed by atoms with Crippen LogP contribution in [0.2, 0.25) is 0 Å². The van der Waals surface area contributed by atoms with Gasteiger partial charge >= 0.3 is 0 Å². The van der Waals surface area contributed by atoms with Crippen molar-refractivity contribution < 1.29 is 9.59 Å². The Labute approximate surface area is 159 Å². The van der Waals surface area contributed by atoms with Gasteiger partial charge in [0.25, 0.3) is 0 Å². The number of carbonyl (C=O) groups excluding carboxylic acids is 2. The van der Waals surface area contributed by atoms with E-state index in [9.17, 15) is 9.59 Å². The van der Waals surface area contributed by atoms with E-state index in [1.54, 1.807) is 30.4 Å². The maximum atomic E-state index is 12.4. The van der Waals surface area contributed by atoms with Gasteiger partial charge < -0.3 is 14.7 Å². The van der Waals surface area contributed by atoms with E-state index < -0.39 is 0 Å². The van der Waals surface area contributed by atoms with Gasteiger partial charge in [-0.2, -0.15) is 0 Å². The Morgan fingerprint density at radius 3 is 2.30 bits per heavy atom. The number of amides is 2. The van der Waals surface area contributed by atoms with Gasteiger partial charge in [-0.15, -0.1) is 0 Å². The first kappa shape index (κ1) is 18.8. The molecule has 27 heavy (non-hydrogen) atoms. The summed E-state index contributed by atoms with van der Waals surface area (Å²) in [4.78, 5) is 38.8. The zero-order valence-corrected chi connectivity index (χ0v) is 15.6. The maximum absolute atomic E-state index is 12.4. The van der Waals surface area contributed by atoms with Crippen LogP contribution < -0.4 is 9.80 Å². The molecule has 1 aliphatic heterocycles. The van der Waals surface area contributed by atoms with Crippen LogP contribution in [-0.4, -0.2) is 59.9 Å². The standard InChI is InChI=1S/C20H25N5O2/c1-23(17-7-3-2-4-8-17)18(26)9-5-10-19(27)24-13-15-25(16-14-24)20-21-11-6-12-22-20/h2-4,6-8,11-12H,5,9-10,13-16H2,1H3. The van der Waals surface area contributed by atoms with Gasteiger partial charge in [-0.05, 0) is 24.6 Å². The molecule has 7 nitrogen and oxygen atoms in total. The molecule has 2 heterocycles. The third-order valence-electron chi connectivity index (χ3n) is 4.77. The molecular weight excluding hydrogens is 342 g/mol. The highest BCUT2D eigenvalue weighted by Crippen LogP contribution is 2.14. The molecule has 0 saturated carbocycles. The van der Waals surface area contributed by atoms with E-state index in [2.05, 4.69) is 14.9 Å². The second-order valence-electron chi connectivity index (χ2n) is 6.56. The van der Waals surface area contributed by atoms with Crippen molar-refractivity contribution in [1.29, 1.82) is 0 Å². The number of aromatic nitrogens is 2. The Morgan fingerprint density at radius 1 is 0.963 bits per heavy atom. The fraction of sp³-hybridized carbons (Fsp3) is 0.400. The van der Waals surface area contributed by atoms with Gasteiger partial charge in [0.1, 0.15) is 0 Å². The second kappa shape index (κ2) is 9.12. The van der Waals surface area contributed by atoms with E-state index in [1.165, 1.54) is 0 Å². The summed E-state index contributed by atoms with van der Waals surface area (Å²) >= 11 is 0. The molecule has 0 bridgehead atoms. The largest absolute Gasteiger partial charge is 0.339 e. The lowest BCUT2D eigenvalue weighted by atomic mass is 10.2. The van der Waals surface area contributed by atoms with E-state index in [0.717, 1.165) is 18.8 Å². The van der Waals surface area contributed by atoms with Crippen LogP contribution in [0.25, 0.3) is 0 Å². The van der Waals surface area contributed by atoms with Gasteiger partial charge in [0.2, 0.25) is 17.8 Å². The fourth-order valence-electron chi connectivity index (χ4n) is 3.12. The van der Waals surface area contributed by atoms with Gasteiger partial charge in [-0.3, -0.25) is 9.59 Å². The van der Waals surface area contributed by atoms with Crippen molar-refractivity contribution in [3.05, 3.63) is 48.8 Å². The average molecular weight is 367 g/mol. The quantitative estimate of drug-likeness (QED) is 0.781. The lowest BCUT2D eigenvalue weighted by molar-refractivity contribution is -0.131. The molecule has 7 heteroatoms. The molecule has 0 N–H and O–H groups in total. The highest BCUT2D eigenvalue weighted by Gasteiger charge is 2.22. The van der Waals surface area contributed by atoms with Gasteiger partial charge in [-0.25, -0.2) is 9.97 Å². The second-order valence-corrected chi connectivity index (χ2v) is 6.56. The van der Waals surface area contributed by atoms with Crippen LogP contribution in [0.1, 0.15) is 19.3 Å². The zero-order chi connectivity index (χ0) is 19.1. The molecule has 2 amide bonds. The van der Waals surface area contributed by atoms with Gasteiger partial charge in [-0.1, -0.05) is 18.2 Å². The molecule has 1 aliphatic rings. The summed E-state index contributed by atoms with van der Waals surface area (Å²) in [6, 6.07) is 11.3. The Kier molecular flexibility index (Phi) is 6.35. The summed E-state index contributed by atoms with van der Waals surface area (Å²) in [5.41, 5.74) is 0.869. The molecule has 3 rings (SSSR count). The average Bonchev–Trinajstić information content (AvgIpc) is 2.74. The Hall–Kier alpha value is -2.96. The number of hydrogen-bond acceptors (Lipinski definition) is 5. The third kappa shape index (κ3) is 5.03. The summed E-state index contributed by atoms with van der Waals surface area (Å²) < 4.78 is 0. The van der Waals surface area contributed by atoms with E-state index >= 15 is 0 Å². The summed E-state index contributed by atoms with van der Waals surface area (Å²) in [5, 5.41) is 0. The number of hydrogen-bond donors (Lipinski definition) is 0. The molecule has 0 radical (unpaired) electrons. The SMILES string of the molecule is CN(C(=O)CCCC(=O)N1CCN(c2ncccn2)CC1)c1ccccc1. The lowest BCUT2D eigenvalue weighted by Gasteiger charge is -2.34. The molecule has 1 aromatic heterocycles. The van der Waals surface area contributed by atoms with Crippen LogP contribution in [0.5, 0.6) is 0 Å². The molecule has 2 aromatic rings. The highest BCUT2D eigenvalue weighted by molar-refractivity contribution is 5.93. The molecule has 1 aromatic carbocycles. The monoisotopic (exact) mass is 367 g/mol. The van der Waals surface area contributed by atoms with E-state index in [0.29, 0.717) is 38.3 Å². The summed E-state index contributed by atoms with van der Waals surface area (Å²) in [6.07, 6.45) is 4.79. The molecule has 142 valence electrons. The minimum atomic E-state index is 0.0278. The number of benzene rings is 1. The van der Waals surface area contributed by atoms with Crippen molar-refractivity contribution in [2.24, 2.45) is 0 Å². The van der Waals surface area contributed by atoms with E-state index in [1.807, 2.05) is 35.2 Å². The minimum absolute atomic E-state index is 0.0278. The predicted octanol–water partition coefficient (Wildman–Crippen LogP) is 1.96. The van der Waals surface area contributed by atoms with E-state index in [-0.39, 0.29) is 11.8 Å². The van der Waals surface area contributed by atoms with E-state index in [4.69, 9.17) is 0 Å². The number of nitrogens with zero attached hydrogens (tertiary/aromatic N) is 5. The van der Waals surface area contributed by atoms with Crippen molar-refractivity contribution >= 4 is 23.5 Å². The summed E-state index contributed by atoms with van der Waals surface area (Å²) in [5.74, 6) is 0.845. The Bertz CT molecular complexity index is 745. The van der Waals surface area contributed by atoms with Crippen molar-refractivity contribution in [3.8, 4) is 0 Å². The van der Waals surface area contributed by atoms with Crippen LogP contribution in [0, 0.1) is 0 Å². The normalized spacial score (nSPS) is 14.1. The summed E-state index contributed by atoms with van der Waals surface area (Å²) in [7, 11) is 1.77. The van der Waals surface area contributed by atoms with Gasteiger partial charge in [0.05, 0.1) is 0 Å². The molecule has 1 fully saturated rings. The Balaban J connectivity index is 1.39. The van der Waals surface area contributed by atoms with Crippen LogP contribution in [0.15, 0.2) is 48.8 Å². The van der Waals surface area contributed by atoms with Crippen LogP contribution in [0.4, 0.5) is 11.6 Å². The number of anilines is 2. The van der Waals surface area contributed by atoms with Crippen molar-refractivity contribution in [3.63, 3.8) is 0 Å². The summed E-state index contributed by atoms with van der Waals surface area (Å²) in [6.45, 7) is 2.78. The lowest BCUT2D eigenvalue weighted by Crippen LogP contribution is -2.49. The number of para-hydroxylation sites is 1. The fourth-order valence-corrected chi connectivity index (χ4v) is 3.12. The highest BCUT2D eigenvalue weighted by atomic mass is 16.2. The van der Waals surface area contributed by atoms with Crippen molar-refractivity contribution in [2.45, 2.75) is 19.3 Å². The van der Waals surface area contributed by atoms with Gasteiger partial charge in [0.15, 0.2) is 0 Å². The molecule has 0 atom stereocenters. The van der Waals surface area contributed by atoms with Crippen molar-refractivity contribution in [2.75, 3.05) is 43.0 Å². The molecule has 1 saturated heterocycles. The molecule has 0 aliphatic carbocycles. The molecule has 0 unspecified atom stereocenters. The first-order chi connectivity index (χ1) is 13.1. The number of carbonyl (C=O) groups is 2. The first-order valence-electron chi connectivity index (χ1n) is 9.26. The third-order valence-corrected chi connectivity index (χ3v) is 4.77. The zero-order valence-electron chi connectivity index (χ0n) is 15.6. The predicted molar refractivity (Wildman–Crippen MR) is 105 cm³/mol. The van der Waals surface area contributed by atoms with Crippen molar-refractivity contribution in [1.82, 2.24) is 14.9 Å². The van der Waals surface area contributed by atoms with Crippen LogP contribution in [-0.2, 0) is 9.59 Å². The smallest absolute Gasteiger partial charge is 0.226 e. The van der Waals surface area contributed by atoms with Crippen LogP contribution in [0.3, 0.4) is 0 Å². The molecular formula is C20H25N5O2. The topological polar surface area (TPSA) is 69.6 Å². The first-order valence-corrected chi connectivity index (χ1v) is 9.26. The number of rotatable bonds is 6. The maximum Gasteiger partial charge on any atom is 0.226 e. The van der Waals surface area contributed by atoms with Gasteiger partial charge in [0, 0.05) is 64.1 Å². The van der Waals surface area contributed by atoms with Crippen LogP contribution >= 0.6 is 0 Å². The minimum Gasteiger partial charge on any atom is -0.339 e.